The second-order valence-electron chi connectivity index (χ2n) is 5.93. The van der Waals surface area contributed by atoms with Crippen molar-refractivity contribution < 1.29 is 44.9 Å². The summed E-state index contributed by atoms with van der Waals surface area (Å²) in [4.78, 5) is 0. The number of alkyl halides is 6. The quantitative estimate of drug-likeness (QED) is 0.500. The molecule has 0 unspecified atom stereocenters. The van der Waals surface area contributed by atoms with Gasteiger partial charge in [-0.05, 0) is 48.7 Å². The molecule has 3 nitrogen and oxygen atoms in total. The number of fused-ring (bicyclic) bond motifs is 1. The van der Waals surface area contributed by atoms with Gasteiger partial charge in [0.1, 0.15) is 11.6 Å². The molecule has 0 saturated carbocycles. The van der Waals surface area contributed by atoms with E-state index in [0.29, 0.717) is 0 Å². The first-order chi connectivity index (χ1) is 13.5. The third kappa shape index (κ3) is 6.43. The second kappa shape index (κ2) is 9.23. The molecular weight excluding hydrogens is 409 g/mol. The Labute approximate surface area is 162 Å². The van der Waals surface area contributed by atoms with Gasteiger partial charge in [0.05, 0.1) is 0 Å². The predicted octanol–water partition coefficient (Wildman–Crippen LogP) is 6.41. The van der Waals surface area contributed by atoms with Crippen molar-refractivity contribution >= 4 is 0 Å². The van der Waals surface area contributed by atoms with Gasteiger partial charge < -0.3 is 14.2 Å². The molecule has 160 valence electrons. The Balaban J connectivity index is 0.000000208. The highest BCUT2D eigenvalue weighted by atomic mass is 19.3. The van der Waals surface area contributed by atoms with Gasteiger partial charge in [-0.1, -0.05) is 25.5 Å². The van der Waals surface area contributed by atoms with E-state index in [4.69, 9.17) is 0 Å². The minimum atomic E-state index is -4.56. The summed E-state index contributed by atoms with van der Waals surface area (Å²) < 4.78 is 98.2. The van der Waals surface area contributed by atoms with Crippen molar-refractivity contribution in [1.82, 2.24) is 0 Å². The van der Waals surface area contributed by atoms with Crippen molar-refractivity contribution in [2.45, 2.75) is 45.0 Å². The van der Waals surface area contributed by atoms with Crippen molar-refractivity contribution in [2.24, 2.45) is 0 Å². The SMILES string of the molecule is CCCCc1cccc2c1OC(F)(F)O2.Fc1ccc(OC(F)(F)C(F)F)cc1. The molecule has 0 aromatic heterocycles. The van der Waals surface area contributed by atoms with E-state index in [2.05, 4.69) is 21.1 Å². The maximum absolute atomic E-state index is 12.8. The Morgan fingerprint density at radius 3 is 2.28 bits per heavy atom. The summed E-state index contributed by atoms with van der Waals surface area (Å²) in [5.41, 5.74) is 0.784. The van der Waals surface area contributed by atoms with Gasteiger partial charge in [0.15, 0.2) is 11.5 Å². The third-order valence-corrected chi connectivity index (χ3v) is 3.63. The molecule has 2 aromatic carbocycles. The number of ether oxygens (including phenoxy) is 3. The Hall–Kier alpha value is -2.65. The van der Waals surface area contributed by atoms with Crippen molar-refractivity contribution in [1.29, 1.82) is 0 Å². The average Bonchev–Trinajstić information content (AvgIpc) is 2.96. The van der Waals surface area contributed by atoms with Crippen LogP contribution < -0.4 is 14.2 Å². The Kier molecular flexibility index (Phi) is 7.21. The summed E-state index contributed by atoms with van der Waals surface area (Å²) >= 11 is 0. The zero-order valence-corrected chi connectivity index (χ0v) is 15.1. The van der Waals surface area contributed by atoms with E-state index in [-0.39, 0.29) is 11.5 Å². The van der Waals surface area contributed by atoms with Crippen molar-refractivity contribution in [3.05, 3.63) is 53.8 Å². The van der Waals surface area contributed by atoms with Crippen LogP contribution in [-0.2, 0) is 6.42 Å². The highest BCUT2D eigenvalue weighted by Crippen LogP contribution is 2.43. The number of para-hydroxylation sites is 1. The fraction of sp³-hybridized carbons (Fsp3) is 0.368. The molecule has 1 aliphatic heterocycles. The molecule has 1 aliphatic rings. The zero-order chi connectivity index (χ0) is 21.7. The van der Waals surface area contributed by atoms with Gasteiger partial charge in [0, 0.05) is 0 Å². The van der Waals surface area contributed by atoms with Gasteiger partial charge in [-0.3, -0.25) is 0 Å². The first-order valence-corrected chi connectivity index (χ1v) is 8.52. The van der Waals surface area contributed by atoms with Gasteiger partial charge in [-0.25, -0.2) is 4.39 Å². The van der Waals surface area contributed by atoms with Gasteiger partial charge in [0.25, 0.3) is 0 Å². The van der Waals surface area contributed by atoms with Crippen LogP contribution >= 0.6 is 0 Å². The van der Waals surface area contributed by atoms with Crippen LogP contribution in [0.25, 0.3) is 0 Å². The molecule has 10 heteroatoms. The van der Waals surface area contributed by atoms with Crippen LogP contribution in [0.2, 0.25) is 0 Å². The maximum Gasteiger partial charge on any atom is 0.586 e. The van der Waals surface area contributed by atoms with E-state index in [1.807, 2.05) is 0 Å². The van der Waals surface area contributed by atoms with E-state index in [9.17, 15) is 30.7 Å². The molecule has 0 saturated heterocycles. The highest BCUT2D eigenvalue weighted by molar-refractivity contribution is 5.48. The third-order valence-electron chi connectivity index (χ3n) is 3.63. The van der Waals surface area contributed by atoms with Gasteiger partial charge >= 0.3 is 18.8 Å². The number of hydrogen-bond donors (Lipinski definition) is 0. The lowest BCUT2D eigenvalue weighted by molar-refractivity contribution is -0.286. The summed E-state index contributed by atoms with van der Waals surface area (Å²) in [7, 11) is 0. The van der Waals surface area contributed by atoms with E-state index >= 15 is 0 Å². The molecule has 0 amide bonds. The average molecular weight is 426 g/mol. The lowest BCUT2D eigenvalue weighted by Gasteiger charge is -2.16. The van der Waals surface area contributed by atoms with Crippen LogP contribution in [-0.4, -0.2) is 18.8 Å². The monoisotopic (exact) mass is 426 g/mol. The molecular formula is C19H17F7O3. The van der Waals surface area contributed by atoms with Gasteiger partial charge in [-0.15, -0.1) is 8.78 Å². The van der Waals surface area contributed by atoms with Crippen LogP contribution in [0.4, 0.5) is 30.7 Å². The lowest BCUT2D eigenvalue weighted by Crippen LogP contribution is -2.33. The predicted molar refractivity (Wildman–Crippen MR) is 89.2 cm³/mol. The Morgan fingerprint density at radius 2 is 1.69 bits per heavy atom. The van der Waals surface area contributed by atoms with E-state index < -0.39 is 30.4 Å². The number of hydrogen-bond acceptors (Lipinski definition) is 3. The molecule has 0 bridgehead atoms. The minimum absolute atomic E-state index is 0.133. The summed E-state index contributed by atoms with van der Waals surface area (Å²) in [6.45, 7) is 2.05. The molecule has 2 aromatic rings. The molecule has 0 radical (unpaired) electrons. The van der Waals surface area contributed by atoms with Crippen LogP contribution in [0.1, 0.15) is 25.3 Å². The molecule has 0 atom stereocenters. The number of rotatable bonds is 6. The van der Waals surface area contributed by atoms with Crippen molar-refractivity contribution in [3.8, 4) is 17.2 Å². The minimum Gasteiger partial charge on any atom is -0.428 e. The Bertz CT molecular complexity index is 795. The molecule has 29 heavy (non-hydrogen) atoms. The fourth-order valence-corrected chi connectivity index (χ4v) is 2.29. The van der Waals surface area contributed by atoms with Gasteiger partial charge in [0.2, 0.25) is 0 Å². The van der Waals surface area contributed by atoms with Crippen LogP contribution in [0.3, 0.4) is 0 Å². The van der Waals surface area contributed by atoms with Gasteiger partial charge in [-0.2, -0.15) is 17.6 Å². The Morgan fingerprint density at radius 1 is 1.03 bits per heavy atom. The molecule has 0 fully saturated rings. The number of benzene rings is 2. The van der Waals surface area contributed by atoms with E-state index in [1.54, 1.807) is 12.1 Å². The molecule has 1 heterocycles. The normalized spacial score (nSPS) is 14.4. The zero-order valence-electron chi connectivity index (χ0n) is 15.1. The molecule has 0 N–H and O–H groups in total. The smallest absolute Gasteiger partial charge is 0.428 e. The van der Waals surface area contributed by atoms with Crippen molar-refractivity contribution in [2.75, 3.05) is 0 Å². The standard InChI is InChI=1S/C11H12F2O2.C8H5F5O/c1-2-3-5-8-6-4-7-9-10(8)15-11(12,13)14-9;9-5-1-3-6(4-2-5)14-8(12,13)7(10)11/h4,6-7H,2-3,5H2,1H3;1-4,7H. The molecule has 3 rings (SSSR count). The van der Waals surface area contributed by atoms with E-state index in [1.165, 1.54) is 6.07 Å². The molecule has 0 spiro atoms. The highest BCUT2D eigenvalue weighted by Gasteiger charge is 2.44. The first-order valence-electron chi connectivity index (χ1n) is 8.52. The topological polar surface area (TPSA) is 27.7 Å². The summed E-state index contributed by atoms with van der Waals surface area (Å²) in [5, 5.41) is 0. The number of unbranched alkanes of at least 4 members (excludes halogenated alkanes) is 1. The second-order valence-corrected chi connectivity index (χ2v) is 5.93. The van der Waals surface area contributed by atoms with Crippen molar-refractivity contribution in [3.63, 3.8) is 0 Å². The number of aryl methyl sites for hydroxylation is 1. The lowest BCUT2D eigenvalue weighted by atomic mass is 10.1. The summed E-state index contributed by atoms with van der Waals surface area (Å²) in [5.74, 6) is -0.862. The number of halogens is 7. The summed E-state index contributed by atoms with van der Waals surface area (Å²) in [6.07, 6.45) is -9.29. The van der Waals surface area contributed by atoms with E-state index in [0.717, 1.165) is 49.1 Å². The van der Waals surface area contributed by atoms with Crippen LogP contribution in [0, 0.1) is 5.82 Å². The largest absolute Gasteiger partial charge is 0.586 e. The maximum atomic E-state index is 12.8. The van der Waals surface area contributed by atoms with Crippen LogP contribution in [0.15, 0.2) is 42.5 Å². The fourth-order valence-electron chi connectivity index (χ4n) is 2.29. The first kappa shape index (κ1) is 22.6. The summed E-state index contributed by atoms with van der Waals surface area (Å²) in [6, 6.07) is 8.32. The molecule has 0 aliphatic carbocycles. The van der Waals surface area contributed by atoms with Crippen LogP contribution in [0.5, 0.6) is 17.2 Å².